The smallest absolute Gasteiger partial charge is 0.257 e. The van der Waals surface area contributed by atoms with Gasteiger partial charge in [-0.25, -0.2) is 0 Å². The summed E-state index contributed by atoms with van der Waals surface area (Å²) in [7, 11) is 1.66. The molecule has 0 bridgehead atoms. The SMILES string of the molecule is COc1cc(-c2ccc3c(c2)Nc2ccc(CCOc4ccc(N5CCOCC5)cc4)cc2NC3=O)ccc1OC[C@H]1CCCN1. The highest BCUT2D eigenvalue weighted by Gasteiger charge is 2.21. The first kappa shape index (κ1) is 30.0. The number of ether oxygens (including phenoxy) is 4. The molecule has 0 unspecified atom stereocenters. The van der Waals surface area contributed by atoms with Gasteiger partial charge in [-0.1, -0.05) is 18.2 Å². The van der Waals surface area contributed by atoms with Crippen LogP contribution >= 0.6 is 0 Å². The summed E-state index contributed by atoms with van der Waals surface area (Å²) >= 11 is 0. The Labute approximate surface area is 269 Å². The fraction of sp³-hybridized carbons (Fsp3) is 0.324. The first-order valence-corrected chi connectivity index (χ1v) is 16.1. The maximum atomic E-state index is 13.3. The maximum Gasteiger partial charge on any atom is 0.257 e. The second-order valence-electron chi connectivity index (χ2n) is 11.9. The minimum atomic E-state index is -0.150. The normalized spacial score (nSPS) is 17.3. The van der Waals surface area contributed by atoms with Gasteiger partial charge in [0.25, 0.3) is 5.91 Å². The zero-order valence-corrected chi connectivity index (χ0v) is 26.1. The Kier molecular flexibility index (Phi) is 8.94. The molecule has 0 aliphatic carbocycles. The lowest BCUT2D eigenvalue weighted by Crippen LogP contribution is -2.36. The van der Waals surface area contributed by atoms with Gasteiger partial charge >= 0.3 is 0 Å². The number of hydrogen-bond acceptors (Lipinski definition) is 8. The molecule has 1 atom stereocenters. The molecule has 0 radical (unpaired) electrons. The lowest BCUT2D eigenvalue weighted by atomic mass is 10.0. The second kappa shape index (κ2) is 13.7. The fourth-order valence-electron chi connectivity index (χ4n) is 6.24. The first-order valence-electron chi connectivity index (χ1n) is 16.1. The number of rotatable bonds is 10. The molecule has 3 aliphatic heterocycles. The summed E-state index contributed by atoms with van der Waals surface area (Å²) < 4.78 is 23.2. The van der Waals surface area contributed by atoms with Gasteiger partial charge in [0.05, 0.1) is 49.6 Å². The Morgan fingerprint density at radius 3 is 2.46 bits per heavy atom. The molecular formula is C37H40N4O5. The number of morpholine rings is 1. The average molecular weight is 621 g/mol. The van der Waals surface area contributed by atoms with E-state index in [0.717, 1.165) is 84.5 Å². The van der Waals surface area contributed by atoms with Crippen molar-refractivity contribution >= 4 is 28.7 Å². The summed E-state index contributed by atoms with van der Waals surface area (Å²) in [5.74, 6) is 2.10. The number of carbonyl (C=O) groups excluding carboxylic acids is 1. The van der Waals surface area contributed by atoms with Crippen molar-refractivity contribution in [3.05, 3.63) is 90.0 Å². The lowest BCUT2D eigenvalue weighted by Gasteiger charge is -2.28. The number of carbonyl (C=O) groups is 1. The monoisotopic (exact) mass is 620 g/mol. The van der Waals surface area contributed by atoms with Gasteiger partial charge in [-0.05, 0) is 96.7 Å². The van der Waals surface area contributed by atoms with Gasteiger partial charge in [-0.15, -0.1) is 0 Å². The highest BCUT2D eigenvalue weighted by molar-refractivity contribution is 6.12. The van der Waals surface area contributed by atoms with Crippen LogP contribution < -0.4 is 35.1 Å². The molecule has 4 aromatic carbocycles. The van der Waals surface area contributed by atoms with E-state index in [4.69, 9.17) is 18.9 Å². The number of methoxy groups -OCH3 is 1. The Morgan fingerprint density at radius 2 is 1.65 bits per heavy atom. The highest BCUT2D eigenvalue weighted by atomic mass is 16.5. The Morgan fingerprint density at radius 1 is 0.826 bits per heavy atom. The van der Waals surface area contributed by atoms with Crippen molar-refractivity contribution in [3.63, 3.8) is 0 Å². The third-order valence-corrected chi connectivity index (χ3v) is 8.84. The lowest BCUT2D eigenvalue weighted by molar-refractivity contribution is 0.102. The molecule has 9 nitrogen and oxygen atoms in total. The summed E-state index contributed by atoms with van der Waals surface area (Å²) in [6.45, 7) is 5.54. The van der Waals surface area contributed by atoms with Crippen molar-refractivity contribution in [2.75, 3.05) is 68.7 Å². The van der Waals surface area contributed by atoms with Gasteiger partial charge in [0.15, 0.2) is 11.5 Å². The topological polar surface area (TPSA) is 93.3 Å². The van der Waals surface area contributed by atoms with Gasteiger partial charge in [0.2, 0.25) is 0 Å². The molecule has 3 aliphatic rings. The van der Waals surface area contributed by atoms with Gasteiger partial charge < -0.3 is 39.8 Å². The molecule has 0 saturated carbocycles. The molecule has 3 N–H and O–H groups in total. The molecule has 0 aromatic heterocycles. The Balaban J connectivity index is 1.00. The fourth-order valence-corrected chi connectivity index (χ4v) is 6.24. The van der Waals surface area contributed by atoms with E-state index in [0.29, 0.717) is 37.0 Å². The third-order valence-electron chi connectivity index (χ3n) is 8.84. The largest absolute Gasteiger partial charge is 0.493 e. The van der Waals surface area contributed by atoms with Crippen LogP contribution in [-0.2, 0) is 11.2 Å². The van der Waals surface area contributed by atoms with Crippen LogP contribution in [0.25, 0.3) is 11.1 Å². The summed E-state index contributed by atoms with van der Waals surface area (Å²) in [6.07, 6.45) is 3.02. The predicted octanol–water partition coefficient (Wildman–Crippen LogP) is 6.26. The Hall–Kier alpha value is -4.73. The van der Waals surface area contributed by atoms with Crippen molar-refractivity contribution in [1.82, 2.24) is 5.32 Å². The quantitative estimate of drug-likeness (QED) is 0.191. The number of nitrogens with zero attached hydrogens (tertiary/aromatic N) is 1. The van der Waals surface area contributed by atoms with E-state index in [9.17, 15) is 4.79 Å². The number of hydrogen-bond donors (Lipinski definition) is 3. The minimum absolute atomic E-state index is 0.150. The van der Waals surface area contributed by atoms with Crippen LogP contribution in [0.2, 0.25) is 0 Å². The van der Waals surface area contributed by atoms with Crippen molar-refractivity contribution in [2.24, 2.45) is 0 Å². The summed E-state index contributed by atoms with van der Waals surface area (Å²) in [5.41, 5.74) is 7.13. The number of amides is 1. The molecule has 46 heavy (non-hydrogen) atoms. The summed E-state index contributed by atoms with van der Waals surface area (Å²) in [5, 5.41) is 10.0. The van der Waals surface area contributed by atoms with Crippen molar-refractivity contribution < 1.29 is 23.7 Å². The van der Waals surface area contributed by atoms with E-state index in [1.165, 1.54) is 12.1 Å². The standard InChI is InChI=1S/C37H40N4O5/c1-43-36-23-27(6-13-35(36)46-24-28-3-2-15-38-28)26-5-11-31-33(22-26)39-32-12-4-25(21-34(32)40-37(31)42)14-18-45-30-9-7-29(8-10-30)41-16-19-44-20-17-41/h4-13,21-23,28,38-39H,2-3,14-20,24H2,1H3,(H,40,42)/t28-/m1/s1. The molecule has 0 spiro atoms. The molecule has 7 rings (SSSR count). The van der Waals surface area contributed by atoms with Crippen LogP contribution in [0.5, 0.6) is 17.2 Å². The van der Waals surface area contributed by atoms with Gasteiger partial charge in [-0.2, -0.15) is 0 Å². The van der Waals surface area contributed by atoms with Crippen molar-refractivity contribution in [1.29, 1.82) is 0 Å². The molecular weight excluding hydrogens is 580 g/mol. The van der Waals surface area contributed by atoms with Crippen molar-refractivity contribution in [3.8, 4) is 28.4 Å². The molecule has 1 amide bonds. The van der Waals surface area contributed by atoms with E-state index in [1.54, 1.807) is 7.11 Å². The number of benzene rings is 4. The highest BCUT2D eigenvalue weighted by Crippen LogP contribution is 2.38. The van der Waals surface area contributed by atoms with E-state index in [2.05, 4.69) is 39.0 Å². The van der Waals surface area contributed by atoms with Crippen LogP contribution in [0.1, 0.15) is 28.8 Å². The van der Waals surface area contributed by atoms with Crippen LogP contribution in [0.3, 0.4) is 0 Å². The molecule has 238 valence electrons. The maximum absolute atomic E-state index is 13.3. The van der Waals surface area contributed by atoms with Crippen LogP contribution in [-0.4, -0.2) is 65.1 Å². The van der Waals surface area contributed by atoms with E-state index < -0.39 is 0 Å². The zero-order chi connectivity index (χ0) is 31.3. The van der Waals surface area contributed by atoms with Crippen LogP contribution in [0.15, 0.2) is 78.9 Å². The van der Waals surface area contributed by atoms with E-state index in [1.807, 2.05) is 60.7 Å². The first-order chi connectivity index (χ1) is 22.6. The molecule has 2 fully saturated rings. The predicted molar refractivity (Wildman–Crippen MR) is 181 cm³/mol. The summed E-state index contributed by atoms with van der Waals surface area (Å²) in [6, 6.07) is 26.5. The average Bonchev–Trinajstić information content (AvgIpc) is 3.58. The van der Waals surface area contributed by atoms with Crippen molar-refractivity contribution in [2.45, 2.75) is 25.3 Å². The second-order valence-corrected chi connectivity index (χ2v) is 11.9. The molecule has 3 heterocycles. The third kappa shape index (κ3) is 6.76. The van der Waals surface area contributed by atoms with Crippen LogP contribution in [0, 0.1) is 0 Å². The van der Waals surface area contributed by atoms with Crippen LogP contribution in [0.4, 0.5) is 22.7 Å². The number of nitrogens with one attached hydrogen (secondary N) is 3. The van der Waals surface area contributed by atoms with Gasteiger partial charge in [0, 0.05) is 31.2 Å². The minimum Gasteiger partial charge on any atom is -0.493 e. The van der Waals surface area contributed by atoms with E-state index >= 15 is 0 Å². The van der Waals surface area contributed by atoms with Gasteiger partial charge in [0.1, 0.15) is 12.4 Å². The Bertz CT molecular complexity index is 1680. The molecule has 2 saturated heterocycles. The zero-order valence-electron chi connectivity index (χ0n) is 26.1. The molecule has 9 heteroatoms. The number of anilines is 4. The molecule has 4 aromatic rings. The number of fused-ring (bicyclic) bond motifs is 2. The van der Waals surface area contributed by atoms with Gasteiger partial charge in [-0.3, -0.25) is 4.79 Å². The summed E-state index contributed by atoms with van der Waals surface area (Å²) in [4.78, 5) is 15.6. The van der Waals surface area contributed by atoms with E-state index in [-0.39, 0.29) is 5.91 Å².